The van der Waals surface area contributed by atoms with Crippen LogP contribution in [0.1, 0.15) is 12.0 Å². The minimum absolute atomic E-state index is 0.178. The van der Waals surface area contributed by atoms with Crippen LogP contribution in [0.5, 0.6) is 0 Å². The van der Waals surface area contributed by atoms with Gasteiger partial charge in [-0.1, -0.05) is 30.3 Å². The highest BCUT2D eigenvalue weighted by atomic mass is 32.2. The van der Waals surface area contributed by atoms with Gasteiger partial charge in [-0.05, 0) is 36.6 Å². The molecular weight excluding hydrogens is 272 g/mol. The van der Waals surface area contributed by atoms with Crippen LogP contribution in [-0.4, -0.2) is 15.0 Å². The zero-order chi connectivity index (χ0) is 14.2. The van der Waals surface area contributed by atoms with Crippen molar-refractivity contribution in [3.8, 4) is 0 Å². The molecule has 0 amide bonds. The minimum Gasteiger partial charge on any atom is -0.398 e. The van der Waals surface area contributed by atoms with E-state index in [0.717, 1.165) is 24.1 Å². The van der Waals surface area contributed by atoms with E-state index in [2.05, 4.69) is 0 Å². The number of aryl methyl sites for hydroxylation is 1. The smallest absolute Gasteiger partial charge is 0.266 e. The van der Waals surface area contributed by atoms with E-state index in [-0.39, 0.29) is 10.6 Å². The summed E-state index contributed by atoms with van der Waals surface area (Å²) in [5, 5.41) is 0. The summed E-state index contributed by atoms with van der Waals surface area (Å²) in [6.45, 7) is 0.494. The quantitative estimate of drug-likeness (QED) is 0.863. The van der Waals surface area contributed by atoms with Crippen molar-refractivity contribution in [1.29, 1.82) is 0 Å². The highest BCUT2D eigenvalue weighted by Crippen LogP contribution is 2.33. The van der Waals surface area contributed by atoms with Gasteiger partial charge in [0.05, 0.1) is 11.4 Å². The number of nitrogens with zero attached hydrogens (tertiary/aromatic N) is 1. The Morgan fingerprint density at radius 2 is 1.70 bits per heavy atom. The molecule has 1 heterocycles. The molecule has 0 atom stereocenters. The third-order valence-corrected chi connectivity index (χ3v) is 5.44. The summed E-state index contributed by atoms with van der Waals surface area (Å²) in [5.74, 6) is 0. The molecule has 0 unspecified atom stereocenters. The molecule has 0 fully saturated rings. The van der Waals surface area contributed by atoms with Crippen LogP contribution < -0.4 is 10.0 Å². The second-order valence-corrected chi connectivity index (χ2v) is 6.68. The largest absolute Gasteiger partial charge is 0.398 e. The maximum atomic E-state index is 12.8. The molecule has 3 rings (SSSR count). The highest BCUT2D eigenvalue weighted by Gasteiger charge is 2.29. The van der Waals surface area contributed by atoms with Gasteiger partial charge in [-0.2, -0.15) is 0 Å². The van der Waals surface area contributed by atoms with Crippen LogP contribution in [0.25, 0.3) is 0 Å². The van der Waals surface area contributed by atoms with E-state index < -0.39 is 10.0 Å². The van der Waals surface area contributed by atoms with Crippen molar-refractivity contribution in [2.75, 3.05) is 16.6 Å². The summed E-state index contributed by atoms with van der Waals surface area (Å²) in [5.41, 5.74) is 7.95. The van der Waals surface area contributed by atoms with Gasteiger partial charge in [0.15, 0.2) is 0 Å². The van der Waals surface area contributed by atoms with E-state index in [1.165, 1.54) is 4.31 Å². The van der Waals surface area contributed by atoms with E-state index in [9.17, 15) is 8.42 Å². The first-order valence-corrected chi connectivity index (χ1v) is 8.00. The second-order valence-electron chi connectivity index (χ2n) is 4.85. The lowest BCUT2D eigenvalue weighted by molar-refractivity contribution is 0.587. The van der Waals surface area contributed by atoms with Crippen molar-refractivity contribution in [2.45, 2.75) is 17.7 Å². The molecule has 0 spiro atoms. The van der Waals surface area contributed by atoms with Crippen molar-refractivity contribution in [1.82, 2.24) is 0 Å². The van der Waals surface area contributed by atoms with Crippen molar-refractivity contribution >= 4 is 21.4 Å². The van der Waals surface area contributed by atoms with Gasteiger partial charge in [0.2, 0.25) is 0 Å². The Morgan fingerprint density at radius 1 is 1.00 bits per heavy atom. The number of benzene rings is 2. The monoisotopic (exact) mass is 288 g/mol. The third kappa shape index (κ3) is 2.04. The minimum atomic E-state index is -3.60. The SMILES string of the molecule is Nc1ccccc1S(=O)(=O)N1CCCc2ccccc21. The molecule has 1 aliphatic rings. The van der Waals surface area contributed by atoms with Gasteiger partial charge >= 0.3 is 0 Å². The first-order valence-electron chi connectivity index (χ1n) is 6.56. The fraction of sp³-hybridized carbons (Fsp3) is 0.200. The predicted molar refractivity (Wildman–Crippen MR) is 80.1 cm³/mol. The molecule has 5 heteroatoms. The normalized spacial score (nSPS) is 14.9. The number of sulfonamides is 1. The number of fused-ring (bicyclic) bond motifs is 1. The van der Waals surface area contributed by atoms with Crippen molar-refractivity contribution in [2.24, 2.45) is 0 Å². The molecular formula is C15H16N2O2S. The second kappa shape index (κ2) is 4.83. The van der Waals surface area contributed by atoms with Gasteiger partial charge < -0.3 is 5.73 Å². The summed E-state index contributed by atoms with van der Waals surface area (Å²) in [6, 6.07) is 14.2. The van der Waals surface area contributed by atoms with Crippen LogP contribution in [0.2, 0.25) is 0 Å². The van der Waals surface area contributed by atoms with Crippen molar-refractivity contribution in [3.63, 3.8) is 0 Å². The summed E-state index contributed by atoms with van der Waals surface area (Å²) < 4.78 is 27.1. The molecule has 2 aromatic rings. The van der Waals surface area contributed by atoms with E-state index in [1.807, 2.05) is 24.3 Å². The number of nitrogen functional groups attached to an aromatic ring is 1. The van der Waals surface area contributed by atoms with Gasteiger partial charge in [0, 0.05) is 6.54 Å². The number of para-hydroxylation sites is 2. The lowest BCUT2D eigenvalue weighted by atomic mass is 10.0. The molecule has 0 aromatic heterocycles. The van der Waals surface area contributed by atoms with Gasteiger partial charge in [-0.3, -0.25) is 4.31 Å². The molecule has 0 radical (unpaired) electrons. The Hall–Kier alpha value is -2.01. The Balaban J connectivity index is 2.13. The van der Waals surface area contributed by atoms with Crippen LogP contribution in [-0.2, 0) is 16.4 Å². The standard InChI is InChI=1S/C15H16N2O2S/c16-13-8-2-4-10-15(13)20(18,19)17-11-5-7-12-6-1-3-9-14(12)17/h1-4,6,8-10H,5,7,11,16H2. The summed E-state index contributed by atoms with van der Waals surface area (Å²) >= 11 is 0. The summed E-state index contributed by atoms with van der Waals surface area (Å²) in [7, 11) is -3.60. The molecule has 0 saturated heterocycles. The molecule has 2 N–H and O–H groups in total. The summed E-state index contributed by atoms with van der Waals surface area (Å²) in [4.78, 5) is 0.178. The molecule has 4 nitrogen and oxygen atoms in total. The molecule has 0 bridgehead atoms. The van der Waals surface area contributed by atoms with Crippen molar-refractivity contribution < 1.29 is 8.42 Å². The third-order valence-electron chi connectivity index (χ3n) is 3.55. The number of hydrogen-bond acceptors (Lipinski definition) is 3. The van der Waals surface area contributed by atoms with Crippen LogP contribution in [0.4, 0.5) is 11.4 Å². The fourth-order valence-electron chi connectivity index (χ4n) is 2.58. The number of anilines is 2. The zero-order valence-electron chi connectivity index (χ0n) is 11.0. The Bertz CT molecular complexity index is 741. The first kappa shape index (κ1) is 13.0. The average Bonchev–Trinajstić information content (AvgIpc) is 2.47. The average molecular weight is 288 g/mol. The fourth-order valence-corrected chi connectivity index (χ4v) is 4.24. The van der Waals surface area contributed by atoms with E-state index in [0.29, 0.717) is 6.54 Å². The van der Waals surface area contributed by atoms with E-state index >= 15 is 0 Å². The number of rotatable bonds is 2. The van der Waals surface area contributed by atoms with E-state index in [1.54, 1.807) is 24.3 Å². The van der Waals surface area contributed by atoms with Gasteiger partial charge in [-0.25, -0.2) is 8.42 Å². The van der Waals surface area contributed by atoms with Gasteiger partial charge in [0.1, 0.15) is 4.90 Å². The predicted octanol–water partition coefficient (Wildman–Crippen LogP) is 2.41. The molecule has 104 valence electrons. The summed E-state index contributed by atoms with van der Waals surface area (Å²) in [6.07, 6.45) is 1.73. The molecule has 1 aliphatic heterocycles. The first-order chi connectivity index (χ1) is 9.60. The van der Waals surface area contributed by atoms with Crippen LogP contribution in [0.15, 0.2) is 53.4 Å². The lowest BCUT2D eigenvalue weighted by Crippen LogP contribution is -2.35. The van der Waals surface area contributed by atoms with E-state index in [4.69, 9.17) is 5.73 Å². The number of nitrogens with two attached hydrogens (primary N) is 1. The number of hydrogen-bond donors (Lipinski definition) is 1. The zero-order valence-corrected chi connectivity index (χ0v) is 11.8. The van der Waals surface area contributed by atoms with Crippen LogP contribution in [0, 0.1) is 0 Å². The van der Waals surface area contributed by atoms with Crippen molar-refractivity contribution in [3.05, 3.63) is 54.1 Å². The lowest BCUT2D eigenvalue weighted by Gasteiger charge is -2.30. The maximum Gasteiger partial charge on any atom is 0.266 e. The molecule has 0 saturated carbocycles. The maximum absolute atomic E-state index is 12.8. The Kier molecular flexibility index (Phi) is 3.14. The van der Waals surface area contributed by atoms with Crippen LogP contribution in [0.3, 0.4) is 0 Å². The molecule has 2 aromatic carbocycles. The molecule has 0 aliphatic carbocycles. The highest BCUT2D eigenvalue weighted by molar-refractivity contribution is 7.93. The topological polar surface area (TPSA) is 63.4 Å². The van der Waals surface area contributed by atoms with Crippen LogP contribution >= 0.6 is 0 Å². The van der Waals surface area contributed by atoms with Gasteiger partial charge in [-0.15, -0.1) is 0 Å². The Morgan fingerprint density at radius 3 is 2.50 bits per heavy atom. The molecule has 20 heavy (non-hydrogen) atoms. The Labute approximate surface area is 118 Å². The van der Waals surface area contributed by atoms with Gasteiger partial charge in [0.25, 0.3) is 10.0 Å².